The normalized spacial score (nSPS) is 19.9. The molecule has 0 bridgehead atoms. The number of allylic oxidation sites excluding steroid dienone is 3. The van der Waals surface area contributed by atoms with Crippen LogP contribution in [0.1, 0.15) is 26.2 Å². The highest BCUT2D eigenvalue weighted by Gasteiger charge is 2.12. The molecule has 0 aromatic heterocycles. The van der Waals surface area contributed by atoms with Crippen LogP contribution in [0.15, 0.2) is 24.3 Å². The van der Waals surface area contributed by atoms with E-state index in [1.807, 2.05) is 0 Å². The molecule has 1 rings (SSSR count). The first-order chi connectivity index (χ1) is 4.38. The molecule has 0 heterocycles. The van der Waals surface area contributed by atoms with Crippen molar-refractivity contribution in [2.24, 2.45) is 5.92 Å². The molecular formula is C9H14. The van der Waals surface area contributed by atoms with Gasteiger partial charge in [-0.2, -0.15) is 0 Å². The van der Waals surface area contributed by atoms with Crippen molar-refractivity contribution < 1.29 is 0 Å². The van der Waals surface area contributed by atoms with Crippen LogP contribution in [0.2, 0.25) is 0 Å². The van der Waals surface area contributed by atoms with Crippen molar-refractivity contribution in [3.8, 4) is 0 Å². The van der Waals surface area contributed by atoms with Crippen molar-refractivity contribution in [3.63, 3.8) is 0 Å². The summed E-state index contributed by atoms with van der Waals surface area (Å²) in [6, 6.07) is 0. The van der Waals surface area contributed by atoms with E-state index < -0.39 is 0 Å². The predicted octanol–water partition coefficient (Wildman–Crippen LogP) is 2.92. The molecule has 0 heteroatoms. The maximum atomic E-state index is 3.79. The van der Waals surface area contributed by atoms with Crippen LogP contribution in [0.3, 0.4) is 0 Å². The lowest BCUT2D eigenvalue weighted by Gasteiger charge is -2.20. The molecule has 0 saturated heterocycles. The minimum atomic E-state index is 0.679. The molecule has 0 fully saturated rings. The van der Waals surface area contributed by atoms with Gasteiger partial charge in [-0.1, -0.05) is 24.6 Å². The molecule has 0 N–H and O–H groups in total. The molecule has 0 radical (unpaired) electrons. The summed E-state index contributed by atoms with van der Waals surface area (Å²) in [6.07, 6.45) is 8.21. The minimum Gasteiger partial charge on any atom is -0.102 e. The summed E-state index contributed by atoms with van der Waals surface area (Å²) in [5.74, 6) is 0.679. The number of hydrogen-bond donors (Lipinski definition) is 0. The second kappa shape index (κ2) is 2.86. The Morgan fingerprint density at radius 1 is 1.89 bits per heavy atom. The SMILES string of the molecule is C=CC(CC)C1=CCC1. The minimum absolute atomic E-state index is 0.679. The molecule has 0 aromatic carbocycles. The lowest BCUT2D eigenvalue weighted by molar-refractivity contribution is 0.647. The van der Waals surface area contributed by atoms with Crippen LogP contribution in [-0.4, -0.2) is 0 Å². The van der Waals surface area contributed by atoms with Gasteiger partial charge >= 0.3 is 0 Å². The van der Waals surface area contributed by atoms with E-state index in [2.05, 4.69) is 25.7 Å². The van der Waals surface area contributed by atoms with Gasteiger partial charge in [0.1, 0.15) is 0 Å². The van der Waals surface area contributed by atoms with Gasteiger partial charge in [0.15, 0.2) is 0 Å². The highest BCUT2D eigenvalue weighted by molar-refractivity contribution is 5.19. The van der Waals surface area contributed by atoms with Crippen molar-refractivity contribution in [2.75, 3.05) is 0 Å². The Morgan fingerprint density at radius 3 is 2.67 bits per heavy atom. The highest BCUT2D eigenvalue weighted by atomic mass is 14.2. The molecule has 0 aliphatic heterocycles. The average molecular weight is 122 g/mol. The third-order valence-electron chi connectivity index (χ3n) is 2.04. The molecule has 9 heavy (non-hydrogen) atoms. The molecule has 1 atom stereocenters. The molecule has 1 aliphatic carbocycles. The second-order valence-corrected chi connectivity index (χ2v) is 2.57. The van der Waals surface area contributed by atoms with Gasteiger partial charge in [-0.05, 0) is 25.2 Å². The molecule has 0 aromatic rings. The zero-order chi connectivity index (χ0) is 6.69. The molecule has 0 spiro atoms. The summed E-state index contributed by atoms with van der Waals surface area (Å²) in [4.78, 5) is 0. The van der Waals surface area contributed by atoms with Gasteiger partial charge in [-0.25, -0.2) is 0 Å². The fourth-order valence-electron chi connectivity index (χ4n) is 1.23. The summed E-state index contributed by atoms with van der Waals surface area (Å²) in [5.41, 5.74) is 1.60. The Balaban J connectivity index is 2.46. The maximum absolute atomic E-state index is 3.79. The lowest BCUT2D eigenvalue weighted by Crippen LogP contribution is -2.04. The standard InChI is InChI=1S/C9H14/c1-3-8(4-2)9-6-5-7-9/h3,6,8H,1,4-5,7H2,2H3. The monoisotopic (exact) mass is 122 g/mol. The molecule has 1 aliphatic rings. The first-order valence-corrected chi connectivity index (χ1v) is 3.70. The van der Waals surface area contributed by atoms with Crippen LogP contribution in [0, 0.1) is 5.92 Å². The molecule has 0 nitrogen and oxygen atoms in total. The summed E-state index contributed by atoms with van der Waals surface area (Å²) < 4.78 is 0. The molecule has 0 saturated carbocycles. The van der Waals surface area contributed by atoms with E-state index in [4.69, 9.17) is 0 Å². The summed E-state index contributed by atoms with van der Waals surface area (Å²) in [7, 11) is 0. The van der Waals surface area contributed by atoms with Crippen LogP contribution in [0.4, 0.5) is 0 Å². The third-order valence-corrected chi connectivity index (χ3v) is 2.04. The number of hydrogen-bond acceptors (Lipinski definition) is 0. The first-order valence-electron chi connectivity index (χ1n) is 3.70. The second-order valence-electron chi connectivity index (χ2n) is 2.57. The van der Waals surface area contributed by atoms with Gasteiger partial charge in [0.25, 0.3) is 0 Å². The van der Waals surface area contributed by atoms with E-state index in [1.165, 1.54) is 19.3 Å². The van der Waals surface area contributed by atoms with E-state index in [-0.39, 0.29) is 0 Å². The lowest BCUT2D eigenvalue weighted by atomic mass is 9.85. The van der Waals surface area contributed by atoms with E-state index in [0.29, 0.717) is 5.92 Å². The van der Waals surface area contributed by atoms with Crippen molar-refractivity contribution in [2.45, 2.75) is 26.2 Å². The summed E-state index contributed by atoms with van der Waals surface area (Å²) in [5, 5.41) is 0. The van der Waals surface area contributed by atoms with Gasteiger partial charge in [-0.15, -0.1) is 6.58 Å². The van der Waals surface area contributed by atoms with Gasteiger partial charge in [0, 0.05) is 0 Å². The zero-order valence-electron chi connectivity index (χ0n) is 6.06. The van der Waals surface area contributed by atoms with E-state index in [9.17, 15) is 0 Å². The highest BCUT2D eigenvalue weighted by Crippen LogP contribution is 2.28. The topological polar surface area (TPSA) is 0 Å². The quantitative estimate of drug-likeness (QED) is 0.505. The van der Waals surface area contributed by atoms with E-state index in [0.717, 1.165) is 0 Å². The van der Waals surface area contributed by atoms with Crippen molar-refractivity contribution >= 4 is 0 Å². The van der Waals surface area contributed by atoms with Crippen molar-refractivity contribution in [1.29, 1.82) is 0 Å². The van der Waals surface area contributed by atoms with Crippen LogP contribution >= 0.6 is 0 Å². The molecule has 50 valence electrons. The third kappa shape index (κ3) is 1.24. The van der Waals surface area contributed by atoms with Gasteiger partial charge in [0.05, 0.1) is 0 Å². The van der Waals surface area contributed by atoms with Crippen LogP contribution in [-0.2, 0) is 0 Å². The Bertz CT molecular complexity index is 131. The average Bonchev–Trinajstić information content (AvgIpc) is 1.78. The van der Waals surface area contributed by atoms with Crippen LogP contribution in [0.25, 0.3) is 0 Å². The molecular weight excluding hydrogens is 108 g/mol. The maximum Gasteiger partial charge on any atom is -0.00285 e. The van der Waals surface area contributed by atoms with Crippen LogP contribution < -0.4 is 0 Å². The fourth-order valence-corrected chi connectivity index (χ4v) is 1.23. The first kappa shape index (κ1) is 6.60. The molecule has 1 unspecified atom stereocenters. The van der Waals surface area contributed by atoms with Crippen molar-refractivity contribution in [3.05, 3.63) is 24.3 Å². The number of rotatable bonds is 3. The Morgan fingerprint density at radius 2 is 2.56 bits per heavy atom. The van der Waals surface area contributed by atoms with E-state index in [1.54, 1.807) is 5.57 Å². The predicted molar refractivity (Wildman–Crippen MR) is 41.3 cm³/mol. The van der Waals surface area contributed by atoms with Gasteiger partial charge in [0.2, 0.25) is 0 Å². The Hall–Kier alpha value is -0.520. The fraction of sp³-hybridized carbons (Fsp3) is 0.556. The summed E-state index contributed by atoms with van der Waals surface area (Å²) in [6.45, 7) is 6.01. The zero-order valence-corrected chi connectivity index (χ0v) is 6.06. The Labute approximate surface area is 57.3 Å². The van der Waals surface area contributed by atoms with Crippen molar-refractivity contribution in [1.82, 2.24) is 0 Å². The molecule has 0 amide bonds. The largest absolute Gasteiger partial charge is 0.102 e. The van der Waals surface area contributed by atoms with Gasteiger partial charge < -0.3 is 0 Å². The van der Waals surface area contributed by atoms with Gasteiger partial charge in [-0.3, -0.25) is 0 Å². The Kier molecular flexibility index (Phi) is 2.10. The van der Waals surface area contributed by atoms with Crippen LogP contribution in [0.5, 0.6) is 0 Å². The van der Waals surface area contributed by atoms with E-state index >= 15 is 0 Å². The summed E-state index contributed by atoms with van der Waals surface area (Å²) >= 11 is 0. The smallest absolute Gasteiger partial charge is 0.00285 e.